The largest absolute Gasteiger partial charge is 0.384 e. The normalized spacial score (nSPS) is 10.4. The van der Waals surface area contributed by atoms with E-state index in [0.717, 1.165) is 31.8 Å². The number of rotatable bonds is 7. The van der Waals surface area contributed by atoms with Gasteiger partial charge in [-0.1, -0.05) is 6.92 Å². The van der Waals surface area contributed by atoms with Crippen molar-refractivity contribution in [1.29, 1.82) is 0 Å². The molecule has 0 saturated carbocycles. The van der Waals surface area contributed by atoms with Crippen molar-refractivity contribution in [3.63, 3.8) is 0 Å². The van der Waals surface area contributed by atoms with Crippen LogP contribution in [0.25, 0.3) is 0 Å². The van der Waals surface area contributed by atoms with Crippen molar-refractivity contribution in [2.24, 2.45) is 0 Å². The van der Waals surface area contributed by atoms with Gasteiger partial charge in [-0.25, -0.2) is 9.97 Å². The summed E-state index contributed by atoms with van der Waals surface area (Å²) in [7, 11) is 1.85. The number of hydrogen-bond donors (Lipinski definition) is 1. The zero-order valence-electron chi connectivity index (χ0n) is 12.9. The number of likely N-dealkylation sites (N-methyl/N-ethyl adjacent to an activating group) is 2. The lowest BCUT2D eigenvalue weighted by Gasteiger charge is -2.24. The Bertz CT molecular complexity index is 445. The van der Waals surface area contributed by atoms with Crippen LogP contribution in [0.5, 0.6) is 0 Å². The number of nitrogens with zero attached hydrogens (tertiary/aromatic N) is 4. The summed E-state index contributed by atoms with van der Waals surface area (Å²) in [6.07, 6.45) is 1.75. The van der Waals surface area contributed by atoms with Gasteiger partial charge in [0.2, 0.25) is 5.91 Å². The number of amides is 1. The van der Waals surface area contributed by atoms with E-state index in [1.807, 2.05) is 25.8 Å². The highest BCUT2D eigenvalue weighted by molar-refractivity contribution is 5.81. The topological polar surface area (TPSA) is 75.3 Å². The molecule has 112 valence electrons. The van der Waals surface area contributed by atoms with Gasteiger partial charge in [-0.3, -0.25) is 4.79 Å². The molecule has 0 bridgehead atoms. The average Bonchev–Trinajstić information content (AvgIpc) is 2.39. The van der Waals surface area contributed by atoms with Crippen LogP contribution in [0.1, 0.15) is 33.0 Å². The summed E-state index contributed by atoms with van der Waals surface area (Å²) in [4.78, 5) is 24.4. The monoisotopic (exact) mass is 279 g/mol. The molecule has 1 amide bonds. The van der Waals surface area contributed by atoms with Crippen molar-refractivity contribution in [2.75, 3.05) is 37.3 Å². The van der Waals surface area contributed by atoms with E-state index in [-0.39, 0.29) is 5.91 Å². The smallest absolute Gasteiger partial charge is 0.242 e. The molecule has 1 aromatic rings. The Kier molecular flexibility index (Phi) is 6.21. The first-order valence-electron chi connectivity index (χ1n) is 7.14. The lowest BCUT2D eigenvalue weighted by molar-refractivity contribution is -0.129. The SMILES string of the molecule is CCCc1nc(N)cc(N(C)CC(=O)N(CC)CC)n1. The van der Waals surface area contributed by atoms with Crippen LogP contribution in [-0.4, -0.2) is 47.5 Å². The fourth-order valence-corrected chi connectivity index (χ4v) is 1.99. The van der Waals surface area contributed by atoms with Crippen LogP contribution in [0.4, 0.5) is 11.6 Å². The fraction of sp³-hybridized carbons (Fsp3) is 0.643. The van der Waals surface area contributed by atoms with Crippen LogP contribution in [0.15, 0.2) is 6.07 Å². The number of aromatic nitrogens is 2. The molecule has 1 heterocycles. The molecule has 20 heavy (non-hydrogen) atoms. The molecule has 1 aromatic heterocycles. The third kappa shape index (κ3) is 4.36. The Labute approximate surface area is 121 Å². The second-order valence-corrected chi connectivity index (χ2v) is 4.74. The van der Waals surface area contributed by atoms with Gasteiger partial charge in [0.05, 0.1) is 6.54 Å². The zero-order valence-corrected chi connectivity index (χ0v) is 12.9. The molecule has 1 rings (SSSR count). The molecule has 0 radical (unpaired) electrons. The molecular weight excluding hydrogens is 254 g/mol. The predicted octanol–water partition coefficient (Wildman–Crippen LogP) is 1.32. The van der Waals surface area contributed by atoms with Gasteiger partial charge in [0, 0.05) is 32.6 Å². The number of hydrogen-bond acceptors (Lipinski definition) is 5. The van der Waals surface area contributed by atoms with E-state index in [9.17, 15) is 4.79 Å². The Morgan fingerprint density at radius 2 is 1.90 bits per heavy atom. The van der Waals surface area contributed by atoms with Crippen molar-refractivity contribution >= 4 is 17.5 Å². The molecule has 0 saturated heterocycles. The van der Waals surface area contributed by atoms with Crippen LogP contribution in [-0.2, 0) is 11.2 Å². The number of carbonyl (C=O) groups excluding carboxylic acids is 1. The maximum atomic E-state index is 12.1. The maximum Gasteiger partial charge on any atom is 0.242 e. The van der Waals surface area contributed by atoms with Crippen LogP contribution >= 0.6 is 0 Å². The lowest BCUT2D eigenvalue weighted by Crippen LogP contribution is -2.39. The van der Waals surface area contributed by atoms with Gasteiger partial charge in [0.25, 0.3) is 0 Å². The molecule has 0 aliphatic carbocycles. The molecule has 0 atom stereocenters. The van der Waals surface area contributed by atoms with Gasteiger partial charge in [-0.2, -0.15) is 0 Å². The highest BCUT2D eigenvalue weighted by atomic mass is 16.2. The van der Waals surface area contributed by atoms with E-state index >= 15 is 0 Å². The first-order chi connectivity index (χ1) is 9.51. The van der Waals surface area contributed by atoms with Gasteiger partial charge in [-0.05, 0) is 20.3 Å². The Morgan fingerprint density at radius 1 is 1.25 bits per heavy atom. The quantitative estimate of drug-likeness (QED) is 0.814. The van der Waals surface area contributed by atoms with Crippen molar-refractivity contribution in [1.82, 2.24) is 14.9 Å². The fourth-order valence-electron chi connectivity index (χ4n) is 1.99. The minimum Gasteiger partial charge on any atom is -0.384 e. The van der Waals surface area contributed by atoms with Gasteiger partial charge >= 0.3 is 0 Å². The summed E-state index contributed by atoms with van der Waals surface area (Å²) < 4.78 is 0. The highest BCUT2D eigenvalue weighted by Gasteiger charge is 2.14. The summed E-state index contributed by atoms with van der Waals surface area (Å²) in [5, 5.41) is 0. The van der Waals surface area contributed by atoms with Crippen LogP contribution in [0.3, 0.4) is 0 Å². The first kappa shape index (κ1) is 16.2. The molecule has 2 N–H and O–H groups in total. The molecule has 6 heteroatoms. The molecule has 0 aliphatic heterocycles. The predicted molar refractivity (Wildman–Crippen MR) is 81.6 cm³/mol. The van der Waals surface area contributed by atoms with Gasteiger partial charge < -0.3 is 15.5 Å². The minimum atomic E-state index is 0.0896. The molecule has 0 unspecified atom stereocenters. The van der Waals surface area contributed by atoms with Crippen LogP contribution in [0, 0.1) is 0 Å². The van der Waals surface area contributed by atoms with E-state index in [2.05, 4.69) is 16.9 Å². The third-order valence-corrected chi connectivity index (χ3v) is 3.13. The second-order valence-electron chi connectivity index (χ2n) is 4.74. The third-order valence-electron chi connectivity index (χ3n) is 3.13. The van der Waals surface area contributed by atoms with E-state index < -0.39 is 0 Å². The van der Waals surface area contributed by atoms with Crippen molar-refractivity contribution in [3.8, 4) is 0 Å². The Hall–Kier alpha value is -1.85. The van der Waals surface area contributed by atoms with E-state index in [1.54, 1.807) is 11.0 Å². The van der Waals surface area contributed by atoms with Gasteiger partial charge in [0.1, 0.15) is 17.5 Å². The number of anilines is 2. The Balaban J connectivity index is 2.81. The first-order valence-corrected chi connectivity index (χ1v) is 7.14. The molecule has 0 fully saturated rings. The number of nitrogens with two attached hydrogens (primary N) is 1. The standard InChI is InChI=1S/C14H25N5O/c1-5-8-12-16-11(15)9-13(17-12)18(4)10-14(20)19(6-2)7-3/h9H,5-8,10H2,1-4H3,(H2,15,16,17). The van der Waals surface area contributed by atoms with Crippen molar-refractivity contribution in [2.45, 2.75) is 33.6 Å². The van der Waals surface area contributed by atoms with Crippen molar-refractivity contribution in [3.05, 3.63) is 11.9 Å². The summed E-state index contributed by atoms with van der Waals surface area (Å²) in [5.41, 5.74) is 5.80. The molecule has 0 aliphatic rings. The van der Waals surface area contributed by atoms with E-state index in [0.29, 0.717) is 18.2 Å². The average molecular weight is 279 g/mol. The number of aryl methyl sites for hydroxylation is 1. The summed E-state index contributed by atoms with van der Waals surface area (Å²) in [5.74, 6) is 1.96. The summed E-state index contributed by atoms with van der Waals surface area (Å²) in [6.45, 7) is 7.75. The molecular formula is C14H25N5O. The van der Waals surface area contributed by atoms with Gasteiger partial charge in [-0.15, -0.1) is 0 Å². The Morgan fingerprint density at radius 3 is 2.45 bits per heavy atom. The molecule has 0 aromatic carbocycles. The summed E-state index contributed by atoms with van der Waals surface area (Å²) in [6, 6.07) is 1.70. The highest BCUT2D eigenvalue weighted by Crippen LogP contribution is 2.13. The minimum absolute atomic E-state index is 0.0896. The zero-order chi connectivity index (χ0) is 15.1. The van der Waals surface area contributed by atoms with E-state index in [1.165, 1.54) is 0 Å². The maximum absolute atomic E-state index is 12.1. The van der Waals surface area contributed by atoms with Gasteiger partial charge in [0.15, 0.2) is 0 Å². The number of nitrogen functional groups attached to an aromatic ring is 1. The van der Waals surface area contributed by atoms with Crippen LogP contribution < -0.4 is 10.6 Å². The van der Waals surface area contributed by atoms with Crippen molar-refractivity contribution < 1.29 is 4.79 Å². The molecule has 6 nitrogen and oxygen atoms in total. The van der Waals surface area contributed by atoms with E-state index in [4.69, 9.17) is 5.73 Å². The lowest BCUT2D eigenvalue weighted by atomic mass is 10.3. The molecule has 0 spiro atoms. The second kappa shape index (κ2) is 7.67. The summed E-state index contributed by atoms with van der Waals surface area (Å²) >= 11 is 0. The van der Waals surface area contributed by atoms with Crippen LogP contribution in [0.2, 0.25) is 0 Å². The number of carbonyl (C=O) groups is 1.